The van der Waals surface area contributed by atoms with E-state index in [0.29, 0.717) is 0 Å². The maximum Gasteiger partial charge on any atom is 0.0611 e. The van der Waals surface area contributed by atoms with Gasteiger partial charge >= 0.3 is 0 Å². The van der Waals surface area contributed by atoms with E-state index < -0.39 is 0 Å². The van der Waals surface area contributed by atoms with Gasteiger partial charge in [-0.2, -0.15) is 0 Å². The van der Waals surface area contributed by atoms with Gasteiger partial charge in [0.25, 0.3) is 0 Å². The highest BCUT2D eigenvalue weighted by Crippen LogP contribution is 2.15. The van der Waals surface area contributed by atoms with E-state index in [9.17, 15) is 5.11 Å². The molecule has 0 aliphatic carbocycles. The molecule has 0 saturated heterocycles. The molecule has 0 amide bonds. The van der Waals surface area contributed by atoms with Gasteiger partial charge in [-0.1, -0.05) is 40.5 Å². The lowest BCUT2D eigenvalue weighted by Gasteiger charge is -2.29. The zero-order chi connectivity index (χ0) is 14.0. The van der Waals surface area contributed by atoms with Crippen molar-refractivity contribution < 1.29 is 5.11 Å². The molecule has 3 heteroatoms. The molecule has 3 nitrogen and oxygen atoms in total. The molecule has 0 aromatic carbocycles. The molecule has 0 spiro atoms. The Hall–Kier alpha value is -0.120. The van der Waals surface area contributed by atoms with Crippen LogP contribution in [-0.2, 0) is 0 Å². The zero-order valence-corrected chi connectivity index (χ0v) is 12.9. The summed E-state index contributed by atoms with van der Waals surface area (Å²) >= 11 is 0. The van der Waals surface area contributed by atoms with Gasteiger partial charge in [0, 0.05) is 12.1 Å². The Morgan fingerprint density at radius 3 is 2.17 bits per heavy atom. The number of nitrogens with zero attached hydrogens (tertiary/aromatic N) is 1. The number of rotatable bonds is 11. The minimum absolute atomic E-state index is 0.0994. The number of aliphatic hydroxyl groups is 1. The molecule has 0 bridgehead atoms. The molecule has 18 heavy (non-hydrogen) atoms. The Balaban J connectivity index is 4.00. The minimum Gasteiger partial charge on any atom is -0.394 e. The predicted molar refractivity (Wildman–Crippen MR) is 79.7 cm³/mol. The summed E-state index contributed by atoms with van der Waals surface area (Å²) < 4.78 is 0. The van der Waals surface area contributed by atoms with Crippen LogP contribution in [0.5, 0.6) is 0 Å². The Labute approximate surface area is 114 Å². The van der Waals surface area contributed by atoms with Crippen LogP contribution < -0.4 is 5.73 Å². The van der Waals surface area contributed by atoms with Gasteiger partial charge in [0.1, 0.15) is 0 Å². The average Bonchev–Trinajstić information content (AvgIpc) is 2.42. The van der Waals surface area contributed by atoms with Gasteiger partial charge in [-0.25, -0.2) is 0 Å². The van der Waals surface area contributed by atoms with Crippen molar-refractivity contribution in [2.75, 3.05) is 26.2 Å². The molecule has 0 rings (SSSR count). The van der Waals surface area contributed by atoms with E-state index in [1.165, 1.54) is 19.4 Å². The third-order valence-electron chi connectivity index (χ3n) is 4.29. The molecule has 3 N–H and O–H groups in total. The van der Waals surface area contributed by atoms with Crippen molar-refractivity contribution in [2.24, 2.45) is 11.7 Å². The van der Waals surface area contributed by atoms with E-state index in [0.717, 1.165) is 38.3 Å². The lowest BCUT2D eigenvalue weighted by molar-refractivity contribution is 0.168. The van der Waals surface area contributed by atoms with Crippen LogP contribution in [-0.4, -0.2) is 41.8 Å². The Bertz CT molecular complexity index is 189. The largest absolute Gasteiger partial charge is 0.394 e. The molecule has 0 saturated carbocycles. The highest BCUT2D eigenvalue weighted by atomic mass is 16.3. The Morgan fingerprint density at radius 2 is 1.78 bits per heavy atom. The molecular weight excluding hydrogens is 224 g/mol. The van der Waals surface area contributed by atoms with Crippen molar-refractivity contribution in [1.29, 1.82) is 0 Å². The second-order valence-corrected chi connectivity index (χ2v) is 5.55. The van der Waals surface area contributed by atoms with E-state index in [1.807, 2.05) is 0 Å². The van der Waals surface area contributed by atoms with Gasteiger partial charge in [-0.3, -0.25) is 0 Å². The molecule has 0 aliphatic heterocycles. The van der Waals surface area contributed by atoms with Crippen LogP contribution in [0.3, 0.4) is 0 Å². The fourth-order valence-electron chi connectivity index (χ4n) is 2.31. The molecule has 1 unspecified atom stereocenters. The molecule has 0 fully saturated rings. The number of aliphatic hydroxyl groups excluding tert-OH is 1. The lowest BCUT2D eigenvalue weighted by atomic mass is 9.92. The quantitative estimate of drug-likeness (QED) is 0.599. The van der Waals surface area contributed by atoms with E-state index in [1.54, 1.807) is 0 Å². The first-order valence-electron chi connectivity index (χ1n) is 7.67. The second kappa shape index (κ2) is 9.76. The van der Waals surface area contributed by atoms with Crippen molar-refractivity contribution in [3.05, 3.63) is 0 Å². The number of hydrogen-bond acceptors (Lipinski definition) is 3. The van der Waals surface area contributed by atoms with Crippen molar-refractivity contribution in [2.45, 2.75) is 65.3 Å². The van der Waals surface area contributed by atoms with Gasteiger partial charge < -0.3 is 15.7 Å². The molecule has 0 aromatic rings. The van der Waals surface area contributed by atoms with E-state index in [4.69, 9.17) is 5.73 Å². The summed E-state index contributed by atoms with van der Waals surface area (Å²) in [6.45, 7) is 12.3. The third kappa shape index (κ3) is 6.72. The fourth-order valence-corrected chi connectivity index (χ4v) is 2.31. The molecular formula is C15H34N2O. The molecule has 110 valence electrons. The summed E-state index contributed by atoms with van der Waals surface area (Å²) in [6, 6.07) is 0. The van der Waals surface area contributed by atoms with Crippen molar-refractivity contribution in [3.63, 3.8) is 0 Å². The van der Waals surface area contributed by atoms with Gasteiger partial charge in [0.15, 0.2) is 0 Å². The second-order valence-electron chi connectivity index (χ2n) is 5.55. The first-order valence-corrected chi connectivity index (χ1v) is 7.67. The maximum atomic E-state index is 9.29. The van der Waals surface area contributed by atoms with Crippen LogP contribution >= 0.6 is 0 Å². The highest BCUT2D eigenvalue weighted by molar-refractivity contribution is 4.81. The molecule has 1 atom stereocenters. The molecule has 0 aromatic heterocycles. The van der Waals surface area contributed by atoms with Crippen LogP contribution in [0.4, 0.5) is 0 Å². The summed E-state index contributed by atoms with van der Waals surface area (Å²) in [5.41, 5.74) is 5.74. The van der Waals surface area contributed by atoms with Crippen molar-refractivity contribution in [1.82, 2.24) is 4.90 Å². The molecule has 0 radical (unpaired) electrons. The predicted octanol–water partition coefficient (Wildman–Crippen LogP) is 2.62. The monoisotopic (exact) mass is 258 g/mol. The minimum atomic E-state index is -0.367. The Kier molecular flexibility index (Phi) is 9.70. The van der Waals surface area contributed by atoms with Crippen LogP contribution in [0.2, 0.25) is 0 Å². The smallest absolute Gasteiger partial charge is 0.0611 e. The van der Waals surface area contributed by atoms with Gasteiger partial charge in [-0.15, -0.1) is 0 Å². The van der Waals surface area contributed by atoms with Crippen LogP contribution in [0.15, 0.2) is 0 Å². The van der Waals surface area contributed by atoms with E-state index in [-0.39, 0.29) is 12.1 Å². The van der Waals surface area contributed by atoms with Crippen LogP contribution in [0, 0.1) is 5.92 Å². The third-order valence-corrected chi connectivity index (χ3v) is 4.29. The topological polar surface area (TPSA) is 49.5 Å². The fraction of sp³-hybridized carbons (Fsp3) is 1.00. The van der Waals surface area contributed by atoms with Gasteiger partial charge in [0.2, 0.25) is 0 Å². The zero-order valence-electron chi connectivity index (χ0n) is 12.9. The Morgan fingerprint density at radius 1 is 1.17 bits per heavy atom. The summed E-state index contributed by atoms with van der Waals surface area (Å²) in [5.74, 6) is 0.816. The first kappa shape index (κ1) is 17.9. The number of nitrogens with two attached hydrogens (primary N) is 1. The highest BCUT2D eigenvalue weighted by Gasteiger charge is 2.21. The van der Waals surface area contributed by atoms with Gasteiger partial charge in [0.05, 0.1) is 6.61 Å². The summed E-state index contributed by atoms with van der Waals surface area (Å²) in [5, 5.41) is 9.29. The normalized spacial score (nSPS) is 15.3. The average molecular weight is 258 g/mol. The van der Waals surface area contributed by atoms with Gasteiger partial charge in [-0.05, 0) is 38.3 Å². The summed E-state index contributed by atoms with van der Waals surface area (Å²) in [7, 11) is 0. The standard InChI is InChI=1S/C15H34N2O/c1-5-14(6-2)12-17(8-4)11-9-10-15(16,7-3)13-18/h14,18H,5-13,16H2,1-4H3. The van der Waals surface area contributed by atoms with Crippen molar-refractivity contribution in [3.8, 4) is 0 Å². The summed E-state index contributed by atoms with van der Waals surface area (Å²) in [6.07, 6.45) is 5.37. The molecule has 0 heterocycles. The lowest BCUT2D eigenvalue weighted by Crippen LogP contribution is -2.43. The summed E-state index contributed by atoms with van der Waals surface area (Å²) in [4.78, 5) is 2.52. The maximum absolute atomic E-state index is 9.29. The van der Waals surface area contributed by atoms with E-state index in [2.05, 4.69) is 32.6 Å². The number of hydrogen-bond donors (Lipinski definition) is 2. The van der Waals surface area contributed by atoms with Crippen molar-refractivity contribution >= 4 is 0 Å². The SMILES string of the molecule is CCC(CC)CN(CC)CCCC(N)(CC)CO. The van der Waals surface area contributed by atoms with Crippen LogP contribution in [0.1, 0.15) is 59.8 Å². The molecule has 0 aliphatic rings. The van der Waals surface area contributed by atoms with Crippen LogP contribution in [0.25, 0.3) is 0 Å². The van der Waals surface area contributed by atoms with E-state index >= 15 is 0 Å². The first-order chi connectivity index (χ1) is 8.55.